The maximum Gasteiger partial charge on any atom is 0.226 e. The van der Waals surface area contributed by atoms with Crippen molar-refractivity contribution in [1.29, 1.82) is 0 Å². The molecule has 0 radical (unpaired) electrons. The van der Waals surface area contributed by atoms with Crippen molar-refractivity contribution in [1.82, 2.24) is 15.5 Å². The van der Waals surface area contributed by atoms with Crippen molar-refractivity contribution < 1.29 is 14.7 Å². The van der Waals surface area contributed by atoms with E-state index in [1.54, 1.807) is 11.8 Å². The number of aliphatic hydroxyl groups excluding tert-OH is 1. The second-order valence-corrected chi connectivity index (χ2v) is 10.5. The third-order valence-corrected chi connectivity index (χ3v) is 7.35. The molecule has 1 unspecified atom stereocenters. The van der Waals surface area contributed by atoms with Crippen LogP contribution in [0, 0.1) is 6.92 Å². The van der Waals surface area contributed by atoms with Crippen LogP contribution in [0.5, 0.6) is 0 Å². The molecular weight excluding hydrogens is 468 g/mol. The number of nitrogens with one attached hydrogen (secondary N) is 2. The van der Waals surface area contributed by atoms with Gasteiger partial charge in [-0.15, -0.1) is 10.2 Å². The number of carbonyl (C=O) groups excluding carboxylic acids is 2. The van der Waals surface area contributed by atoms with E-state index in [9.17, 15) is 14.7 Å². The van der Waals surface area contributed by atoms with Gasteiger partial charge in [0.15, 0.2) is 4.34 Å². The van der Waals surface area contributed by atoms with Crippen LogP contribution >= 0.6 is 23.1 Å². The third-order valence-electron chi connectivity index (χ3n) is 5.32. The number of anilines is 1. The summed E-state index contributed by atoms with van der Waals surface area (Å²) in [5, 5.41) is 24.2. The van der Waals surface area contributed by atoms with Crippen molar-refractivity contribution in [3.05, 3.63) is 70.8 Å². The number of hydrogen-bond donors (Lipinski definition) is 3. The van der Waals surface area contributed by atoms with Gasteiger partial charge in [-0.3, -0.25) is 9.59 Å². The van der Waals surface area contributed by atoms with E-state index < -0.39 is 6.10 Å². The molecule has 180 valence electrons. The van der Waals surface area contributed by atoms with Crippen LogP contribution in [0.3, 0.4) is 0 Å². The van der Waals surface area contributed by atoms with Crippen LogP contribution in [0.4, 0.5) is 5.13 Å². The predicted molar refractivity (Wildman–Crippen MR) is 137 cm³/mol. The van der Waals surface area contributed by atoms with Crippen molar-refractivity contribution in [3.8, 4) is 0 Å². The van der Waals surface area contributed by atoms with E-state index >= 15 is 0 Å². The van der Waals surface area contributed by atoms with Crippen molar-refractivity contribution in [2.24, 2.45) is 0 Å². The first-order chi connectivity index (χ1) is 16.3. The topological polar surface area (TPSA) is 104 Å². The number of aryl methyl sites for hydroxylation is 1. The summed E-state index contributed by atoms with van der Waals surface area (Å²) >= 11 is 2.88. The normalized spacial score (nSPS) is 11.9. The molecule has 0 aliphatic rings. The zero-order chi connectivity index (χ0) is 24.5. The summed E-state index contributed by atoms with van der Waals surface area (Å²) in [6, 6.07) is 15.9. The number of amides is 2. The quantitative estimate of drug-likeness (QED) is 0.258. The Hall–Kier alpha value is -2.75. The third kappa shape index (κ3) is 7.93. The molecule has 34 heavy (non-hydrogen) atoms. The van der Waals surface area contributed by atoms with Crippen molar-refractivity contribution in [2.45, 2.75) is 55.7 Å². The number of aliphatic hydroxyl groups is 1. The summed E-state index contributed by atoms with van der Waals surface area (Å²) in [4.78, 5) is 24.3. The molecule has 0 fully saturated rings. The zero-order valence-corrected chi connectivity index (χ0v) is 21.2. The second kappa shape index (κ2) is 12.6. The van der Waals surface area contributed by atoms with Crippen LogP contribution in [-0.2, 0) is 15.3 Å². The fourth-order valence-electron chi connectivity index (χ4n) is 3.16. The maximum atomic E-state index is 12.2. The molecule has 0 saturated carbocycles. The highest BCUT2D eigenvalue weighted by molar-refractivity contribution is 8.00. The number of benzene rings is 2. The minimum atomic E-state index is -0.795. The summed E-state index contributed by atoms with van der Waals surface area (Å²) in [5.41, 5.74) is 4.40. The van der Waals surface area contributed by atoms with Gasteiger partial charge in [0, 0.05) is 25.1 Å². The van der Waals surface area contributed by atoms with Crippen molar-refractivity contribution >= 4 is 40.0 Å². The molecule has 1 heterocycles. The molecule has 0 aliphatic heterocycles. The standard InChI is InChI=1S/C25H30N4O3S2/c1-16(2)18-8-10-19(11-9-18)21(30)14-26-22(31)12-13-23(32)27-24-28-29-25(34-24)33-15-20-7-5-4-6-17(20)3/h4-11,16,21,30H,12-15H2,1-3H3,(H,26,31)(H,27,28,32). The summed E-state index contributed by atoms with van der Waals surface area (Å²) in [6.07, 6.45) is -0.745. The van der Waals surface area contributed by atoms with E-state index in [0.717, 1.165) is 15.7 Å². The van der Waals surface area contributed by atoms with Gasteiger partial charge in [0.25, 0.3) is 0 Å². The molecule has 3 N–H and O–H groups in total. The molecule has 3 rings (SSSR count). The molecule has 0 aliphatic carbocycles. The van der Waals surface area contributed by atoms with Gasteiger partial charge in [0.05, 0.1) is 6.10 Å². The van der Waals surface area contributed by atoms with Crippen molar-refractivity contribution in [3.63, 3.8) is 0 Å². The van der Waals surface area contributed by atoms with Crippen LogP contribution in [0.15, 0.2) is 52.9 Å². The van der Waals surface area contributed by atoms with Gasteiger partial charge in [-0.2, -0.15) is 0 Å². The lowest BCUT2D eigenvalue weighted by Gasteiger charge is -2.13. The first-order valence-electron chi connectivity index (χ1n) is 11.2. The fourth-order valence-corrected chi connectivity index (χ4v) is 5.00. The second-order valence-electron chi connectivity index (χ2n) is 8.28. The van der Waals surface area contributed by atoms with E-state index in [0.29, 0.717) is 11.0 Å². The van der Waals surface area contributed by atoms with E-state index in [1.807, 2.05) is 36.4 Å². The molecule has 1 aromatic heterocycles. The molecular formula is C25H30N4O3S2. The predicted octanol–water partition coefficient (Wildman–Crippen LogP) is 4.83. The Morgan fingerprint density at radius 3 is 2.38 bits per heavy atom. The number of aromatic nitrogens is 2. The first-order valence-corrected chi connectivity index (χ1v) is 13.0. The van der Waals surface area contributed by atoms with E-state index in [4.69, 9.17) is 0 Å². The van der Waals surface area contributed by atoms with E-state index in [2.05, 4.69) is 53.7 Å². The van der Waals surface area contributed by atoms with Gasteiger partial charge in [0.2, 0.25) is 16.9 Å². The SMILES string of the molecule is Cc1ccccc1CSc1nnc(NC(=O)CCC(=O)NCC(O)c2ccc(C(C)C)cc2)s1. The molecule has 0 spiro atoms. The molecule has 2 amide bonds. The largest absolute Gasteiger partial charge is 0.387 e. The fraction of sp³-hybridized carbons (Fsp3) is 0.360. The highest BCUT2D eigenvalue weighted by Gasteiger charge is 2.13. The molecule has 0 saturated heterocycles. The Bertz CT molecular complexity index is 1100. The van der Waals surface area contributed by atoms with Gasteiger partial charge < -0.3 is 15.7 Å². The summed E-state index contributed by atoms with van der Waals surface area (Å²) in [6.45, 7) is 6.39. The Balaban J connectivity index is 1.36. The Kier molecular flexibility index (Phi) is 9.62. The van der Waals surface area contributed by atoms with Gasteiger partial charge in [0.1, 0.15) is 0 Å². The van der Waals surface area contributed by atoms with Gasteiger partial charge in [-0.05, 0) is 35.1 Å². The first kappa shape index (κ1) is 25.9. The smallest absolute Gasteiger partial charge is 0.226 e. The zero-order valence-electron chi connectivity index (χ0n) is 19.6. The highest BCUT2D eigenvalue weighted by Crippen LogP contribution is 2.29. The number of thioether (sulfide) groups is 1. The lowest BCUT2D eigenvalue weighted by molar-refractivity contribution is -0.124. The summed E-state index contributed by atoms with van der Waals surface area (Å²) in [5.74, 6) is 0.607. The van der Waals surface area contributed by atoms with Crippen LogP contribution in [0.1, 0.15) is 61.0 Å². The molecule has 2 aromatic carbocycles. The minimum absolute atomic E-state index is 0.0241. The van der Waals surface area contributed by atoms with E-state index in [-0.39, 0.29) is 31.2 Å². The molecule has 9 heteroatoms. The highest BCUT2D eigenvalue weighted by atomic mass is 32.2. The van der Waals surface area contributed by atoms with Crippen molar-refractivity contribution in [2.75, 3.05) is 11.9 Å². The van der Waals surface area contributed by atoms with E-state index in [1.165, 1.54) is 28.0 Å². The lowest BCUT2D eigenvalue weighted by Crippen LogP contribution is -2.29. The van der Waals surface area contributed by atoms with Crippen LogP contribution in [-0.4, -0.2) is 33.7 Å². The summed E-state index contributed by atoms with van der Waals surface area (Å²) in [7, 11) is 0. The lowest BCUT2D eigenvalue weighted by atomic mass is 10.00. The molecule has 3 aromatic rings. The number of nitrogens with zero attached hydrogens (tertiary/aromatic N) is 2. The molecule has 0 bridgehead atoms. The van der Waals surface area contributed by atoms with Gasteiger partial charge in [-0.25, -0.2) is 0 Å². The van der Waals surface area contributed by atoms with Crippen LogP contribution in [0.2, 0.25) is 0 Å². The Morgan fingerprint density at radius 1 is 1.00 bits per heavy atom. The Labute approximate surface area is 208 Å². The van der Waals surface area contributed by atoms with Crippen LogP contribution < -0.4 is 10.6 Å². The van der Waals surface area contributed by atoms with Gasteiger partial charge in [-0.1, -0.05) is 85.5 Å². The summed E-state index contributed by atoms with van der Waals surface area (Å²) < 4.78 is 0.770. The number of hydrogen-bond acceptors (Lipinski definition) is 7. The molecule has 7 nitrogen and oxygen atoms in total. The van der Waals surface area contributed by atoms with Gasteiger partial charge >= 0.3 is 0 Å². The number of rotatable bonds is 11. The average Bonchev–Trinajstić information content (AvgIpc) is 3.27. The average molecular weight is 499 g/mol. The van der Waals surface area contributed by atoms with Crippen LogP contribution in [0.25, 0.3) is 0 Å². The maximum absolute atomic E-state index is 12.2. The number of carbonyl (C=O) groups is 2. The Morgan fingerprint density at radius 2 is 1.68 bits per heavy atom. The minimum Gasteiger partial charge on any atom is -0.387 e. The monoisotopic (exact) mass is 498 g/mol. The molecule has 1 atom stereocenters.